The summed E-state index contributed by atoms with van der Waals surface area (Å²) in [5.74, 6) is -2.70. The summed E-state index contributed by atoms with van der Waals surface area (Å²) >= 11 is 0. The standard InChI is InChI=1S/C10H10F3NO3/c1-2-17-8(16)4-6-7(15)3-5(11)9(14-6)10(12)13/h3,10,15H,2,4H2,1H3. The van der Waals surface area contributed by atoms with Gasteiger partial charge in [-0.3, -0.25) is 4.79 Å². The van der Waals surface area contributed by atoms with Crippen LogP contribution in [-0.4, -0.2) is 22.7 Å². The maximum Gasteiger partial charge on any atom is 0.312 e. The number of alkyl halides is 2. The van der Waals surface area contributed by atoms with Gasteiger partial charge in [0.05, 0.1) is 18.7 Å². The summed E-state index contributed by atoms with van der Waals surface area (Å²) in [5.41, 5.74) is -1.43. The van der Waals surface area contributed by atoms with Crippen molar-refractivity contribution in [3.8, 4) is 5.75 Å². The van der Waals surface area contributed by atoms with E-state index in [1.165, 1.54) is 0 Å². The van der Waals surface area contributed by atoms with E-state index in [1.807, 2.05) is 0 Å². The van der Waals surface area contributed by atoms with Crippen LogP contribution in [0.4, 0.5) is 13.2 Å². The Kier molecular flexibility index (Phi) is 4.30. The molecule has 0 bridgehead atoms. The van der Waals surface area contributed by atoms with Crippen LogP contribution in [0.2, 0.25) is 0 Å². The molecule has 0 radical (unpaired) electrons. The Labute approximate surface area is 95.0 Å². The quantitative estimate of drug-likeness (QED) is 0.829. The highest BCUT2D eigenvalue weighted by Gasteiger charge is 2.20. The van der Waals surface area contributed by atoms with Crippen molar-refractivity contribution in [3.63, 3.8) is 0 Å². The summed E-state index contributed by atoms with van der Waals surface area (Å²) in [6.07, 6.45) is -3.60. The SMILES string of the molecule is CCOC(=O)Cc1nc(C(F)F)c(F)cc1O. The average molecular weight is 249 g/mol. The highest BCUT2D eigenvalue weighted by atomic mass is 19.3. The van der Waals surface area contributed by atoms with Crippen molar-refractivity contribution < 1.29 is 27.8 Å². The van der Waals surface area contributed by atoms with Gasteiger partial charge in [-0.1, -0.05) is 0 Å². The van der Waals surface area contributed by atoms with Crippen LogP contribution in [0.5, 0.6) is 5.75 Å². The summed E-state index contributed by atoms with van der Waals surface area (Å²) in [7, 11) is 0. The summed E-state index contributed by atoms with van der Waals surface area (Å²) in [6.45, 7) is 1.68. The Morgan fingerprint density at radius 1 is 1.59 bits per heavy atom. The normalized spacial score (nSPS) is 10.6. The average Bonchev–Trinajstić information content (AvgIpc) is 2.21. The zero-order valence-corrected chi connectivity index (χ0v) is 8.91. The van der Waals surface area contributed by atoms with Gasteiger partial charge in [0.25, 0.3) is 6.43 Å². The first-order valence-corrected chi connectivity index (χ1v) is 4.77. The lowest BCUT2D eigenvalue weighted by atomic mass is 10.2. The number of carbonyl (C=O) groups excluding carboxylic acids is 1. The van der Waals surface area contributed by atoms with Crippen LogP contribution >= 0.6 is 0 Å². The third kappa shape index (κ3) is 3.33. The van der Waals surface area contributed by atoms with Crippen LogP contribution in [-0.2, 0) is 16.0 Å². The minimum absolute atomic E-state index is 0.114. The van der Waals surface area contributed by atoms with Crippen LogP contribution in [0.25, 0.3) is 0 Å². The molecule has 0 aliphatic carbocycles. The second-order valence-electron chi connectivity index (χ2n) is 3.10. The number of hydrogen-bond acceptors (Lipinski definition) is 4. The van der Waals surface area contributed by atoms with Crippen LogP contribution in [0, 0.1) is 5.82 Å². The molecule has 94 valence electrons. The van der Waals surface area contributed by atoms with Crippen molar-refractivity contribution >= 4 is 5.97 Å². The largest absolute Gasteiger partial charge is 0.506 e. The first kappa shape index (κ1) is 13.3. The molecule has 0 amide bonds. The zero-order chi connectivity index (χ0) is 13.0. The Morgan fingerprint density at radius 2 is 2.24 bits per heavy atom. The van der Waals surface area contributed by atoms with Crippen molar-refractivity contribution in [1.82, 2.24) is 4.98 Å². The molecule has 0 aliphatic heterocycles. The highest BCUT2D eigenvalue weighted by molar-refractivity contribution is 5.72. The van der Waals surface area contributed by atoms with Crippen molar-refractivity contribution in [1.29, 1.82) is 0 Å². The van der Waals surface area contributed by atoms with E-state index < -0.39 is 36.1 Å². The third-order valence-corrected chi connectivity index (χ3v) is 1.88. The van der Waals surface area contributed by atoms with Gasteiger partial charge >= 0.3 is 5.97 Å². The van der Waals surface area contributed by atoms with Crippen LogP contribution in [0.3, 0.4) is 0 Å². The van der Waals surface area contributed by atoms with E-state index in [0.29, 0.717) is 6.07 Å². The number of carbonyl (C=O) groups is 1. The maximum absolute atomic E-state index is 12.9. The molecule has 1 rings (SSSR count). The summed E-state index contributed by atoms with van der Waals surface area (Å²) in [4.78, 5) is 14.3. The number of aromatic nitrogens is 1. The minimum atomic E-state index is -3.11. The molecule has 0 aliphatic rings. The second kappa shape index (κ2) is 5.51. The third-order valence-electron chi connectivity index (χ3n) is 1.88. The molecule has 0 spiro atoms. The maximum atomic E-state index is 12.9. The molecule has 4 nitrogen and oxygen atoms in total. The minimum Gasteiger partial charge on any atom is -0.506 e. The zero-order valence-electron chi connectivity index (χ0n) is 8.91. The van der Waals surface area contributed by atoms with Crippen LogP contribution < -0.4 is 0 Å². The van der Waals surface area contributed by atoms with Crippen molar-refractivity contribution in [2.24, 2.45) is 0 Å². The monoisotopic (exact) mass is 249 g/mol. The number of nitrogens with zero attached hydrogens (tertiary/aromatic N) is 1. The molecule has 1 heterocycles. The molecule has 1 aromatic rings. The molecule has 0 unspecified atom stereocenters. The lowest BCUT2D eigenvalue weighted by Gasteiger charge is -2.07. The number of esters is 1. The Bertz CT molecular complexity index is 424. The molecule has 0 fully saturated rings. The molecule has 1 N–H and O–H groups in total. The van der Waals surface area contributed by atoms with Gasteiger partial charge in [-0.15, -0.1) is 0 Å². The lowest BCUT2D eigenvalue weighted by molar-refractivity contribution is -0.142. The van der Waals surface area contributed by atoms with Crippen molar-refractivity contribution in [2.45, 2.75) is 19.8 Å². The smallest absolute Gasteiger partial charge is 0.312 e. The van der Waals surface area contributed by atoms with Crippen LogP contribution in [0.1, 0.15) is 24.7 Å². The van der Waals surface area contributed by atoms with E-state index in [9.17, 15) is 23.1 Å². The fourth-order valence-electron chi connectivity index (χ4n) is 1.17. The number of rotatable bonds is 4. The molecule has 0 saturated heterocycles. The molecule has 0 atom stereocenters. The number of halogens is 3. The number of hydrogen-bond donors (Lipinski definition) is 1. The number of ether oxygens (including phenoxy) is 1. The fourth-order valence-corrected chi connectivity index (χ4v) is 1.17. The first-order chi connectivity index (χ1) is 7.95. The van der Waals surface area contributed by atoms with Gasteiger partial charge in [0.15, 0.2) is 5.82 Å². The van der Waals surface area contributed by atoms with Crippen molar-refractivity contribution in [3.05, 3.63) is 23.3 Å². The molecular formula is C10H10F3NO3. The van der Waals surface area contributed by atoms with Gasteiger partial charge in [-0.05, 0) is 6.92 Å². The Hall–Kier alpha value is -1.79. The van der Waals surface area contributed by atoms with Gasteiger partial charge in [-0.2, -0.15) is 0 Å². The predicted molar refractivity (Wildman–Crippen MR) is 51.2 cm³/mol. The van der Waals surface area contributed by atoms with Gasteiger partial charge in [-0.25, -0.2) is 18.2 Å². The highest BCUT2D eigenvalue weighted by Crippen LogP contribution is 2.25. The van der Waals surface area contributed by atoms with E-state index in [4.69, 9.17) is 0 Å². The molecule has 7 heteroatoms. The van der Waals surface area contributed by atoms with E-state index in [2.05, 4.69) is 9.72 Å². The topological polar surface area (TPSA) is 59.4 Å². The number of pyridine rings is 1. The molecule has 0 saturated carbocycles. The molecule has 0 aromatic carbocycles. The predicted octanol–water partition coefficient (Wildman–Crippen LogP) is 1.97. The van der Waals surface area contributed by atoms with Gasteiger partial charge in [0, 0.05) is 6.07 Å². The summed E-state index contributed by atoms with van der Waals surface area (Å²) in [5, 5.41) is 9.26. The molecule has 1 aromatic heterocycles. The van der Waals surface area contributed by atoms with Gasteiger partial charge in [0.2, 0.25) is 0 Å². The summed E-state index contributed by atoms with van der Waals surface area (Å²) < 4.78 is 42.2. The second-order valence-corrected chi connectivity index (χ2v) is 3.10. The summed E-state index contributed by atoms with van der Waals surface area (Å²) in [6, 6.07) is 0.503. The van der Waals surface area contributed by atoms with Crippen molar-refractivity contribution in [2.75, 3.05) is 6.61 Å². The fraction of sp³-hybridized carbons (Fsp3) is 0.400. The van der Waals surface area contributed by atoms with E-state index in [1.54, 1.807) is 6.92 Å². The first-order valence-electron chi connectivity index (χ1n) is 4.77. The Balaban J connectivity index is 2.99. The van der Waals surface area contributed by atoms with Gasteiger partial charge < -0.3 is 9.84 Å². The molecule has 17 heavy (non-hydrogen) atoms. The lowest BCUT2D eigenvalue weighted by Crippen LogP contribution is -2.10. The van der Waals surface area contributed by atoms with E-state index >= 15 is 0 Å². The van der Waals surface area contributed by atoms with E-state index in [-0.39, 0.29) is 12.3 Å². The van der Waals surface area contributed by atoms with Gasteiger partial charge in [0.1, 0.15) is 11.4 Å². The van der Waals surface area contributed by atoms with E-state index in [0.717, 1.165) is 0 Å². The number of aromatic hydroxyl groups is 1. The van der Waals surface area contributed by atoms with Crippen LogP contribution in [0.15, 0.2) is 6.07 Å². The Morgan fingerprint density at radius 3 is 2.76 bits per heavy atom. The molecular weight excluding hydrogens is 239 g/mol.